The Morgan fingerprint density at radius 1 is 1.73 bits per heavy atom. The number of nitrogens with zero attached hydrogens (tertiary/aromatic N) is 2. The van der Waals surface area contributed by atoms with E-state index < -0.39 is 0 Å². The van der Waals surface area contributed by atoms with Crippen molar-refractivity contribution >= 4 is 19.1 Å². The van der Waals surface area contributed by atoms with Gasteiger partial charge in [0.25, 0.3) is 0 Å². The van der Waals surface area contributed by atoms with Gasteiger partial charge in [0.2, 0.25) is 0 Å². The Morgan fingerprint density at radius 2 is 2.45 bits per heavy atom. The average molecular weight is 151 g/mol. The molecule has 0 atom stereocenters. The monoisotopic (exact) mass is 151 g/mol. The first-order valence-electron chi connectivity index (χ1n) is 3.93. The van der Waals surface area contributed by atoms with Crippen LogP contribution in [-0.4, -0.2) is 24.2 Å². The van der Waals surface area contributed by atoms with Gasteiger partial charge in [0.1, 0.15) is 13.7 Å². The second kappa shape index (κ2) is 3.46. The minimum atomic E-state index is 0. The topological polar surface area (TPSA) is 29.9 Å². The summed E-state index contributed by atoms with van der Waals surface area (Å²) >= 11 is 0. The van der Waals surface area contributed by atoms with E-state index in [1.165, 1.54) is 0 Å². The van der Waals surface area contributed by atoms with Crippen LogP contribution >= 0.6 is 0 Å². The molecule has 2 rings (SSSR count). The fraction of sp³-hybridized carbons (Fsp3) is 0.571. The largest absolute Gasteiger partial charge is 0.369 e. The van der Waals surface area contributed by atoms with Gasteiger partial charge in [0.05, 0.1) is 6.54 Å². The zero-order valence-electron chi connectivity index (χ0n) is 6.96. The highest BCUT2D eigenvalue weighted by molar-refractivity contribution is 6.35. The number of hydrogen-bond donors (Lipinski definition) is 1. The van der Waals surface area contributed by atoms with E-state index in [1.807, 2.05) is 18.5 Å². The van der Waals surface area contributed by atoms with E-state index >= 15 is 0 Å². The number of hydrogen-bond acceptors (Lipinski definition) is 2. The summed E-state index contributed by atoms with van der Waals surface area (Å²) in [5.41, 5.74) is 0.743. The molecule has 0 aliphatic carbocycles. The number of aromatic nitrogens is 2. The second-order valence-corrected chi connectivity index (χ2v) is 2.10. The van der Waals surface area contributed by atoms with E-state index in [0.29, 0.717) is 0 Å². The first-order chi connectivity index (χ1) is 5.38. The second-order valence-electron chi connectivity index (χ2n) is 2.10. The summed E-state index contributed by atoms with van der Waals surface area (Å²) in [4.78, 5) is 0. The van der Waals surface area contributed by atoms with Gasteiger partial charge in [-0.2, -0.15) is 5.10 Å². The van der Waals surface area contributed by atoms with Crippen molar-refractivity contribution in [2.45, 2.75) is 20.4 Å². The third-order valence-corrected chi connectivity index (χ3v) is 1.48. The van der Waals surface area contributed by atoms with Gasteiger partial charge in [-0.3, -0.25) is 0 Å². The van der Waals surface area contributed by atoms with Gasteiger partial charge in [0, 0.05) is 14.2 Å². The van der Waals surface area contributed by atoms with Crippen LogP contribution in [0.15, 0.2) is 6.20 Å². The minimum absolute atomic E-state index is 0. The van der Waals surface area contributed by atoms with Crippen molar-refractivity contribution in [1.82, 2.24) is 9.78 Å². The van der Waals surface area contributed by atoms with Gasteiger partial charge < -0.3 is 5.32 Å². The highest BCUT2D eigenvalue weighted by Crippen LogP contribution is 2.06. The maximum Gasteiger partial charge on any atom is 0.121 e. The van der Waals surface area contributed by atoms with Crippen LogP contribution in [0.5, 0.6) is 0 Å². The Kier molecular flexibility index (Phi) is 2.57. The summed E-state index contributed by atoms with van der Waals surface area (Å²) in [6.45, 7) is 5.89. The van der Waals surface area contributed by atoms with Gasteiger partial charge in [-0.15, -0.1) is 0 Å². The van der Waals surface area contributed by atoms with Crippen molar-refractivity contribution in [2.24, 2.45) is 0 Å². The molecular formula is C7H14BN3. The molecular weight excluding hydrogens is 137 g/mol. The molecule has 1 aromatic heterocycles. The Balaban J connectivity index is 0.000000378. The van der Waals surface area contributed by atoms with Gasteiger partial charge in [-0.1, -0.05) is 13.8 Å². The molecule has 2 heterocycles. The lowest BCUT2D eigenvalue weighted by molar-refractivity contribution is 0.696. The van der Waals surface area contributed by atoms with Crippen molar-refractivity contribution in [1.29, 1.82) is 0 Å². The molecule has 0 bridgehead atoms. The van der Waals surface area contributed by atoms with Crippen LogP contribution in [0.25, 0.3) is 0 Å². The maximum absolute atomic E-state index is 5.55. The molecule has 3 nitrogen and oxygen atoms in total. The summed E-state index contributed by atoms with van der Waals surface area (Å²) in [5.74, 6) is 0.968. The van der Waals surface area contributed by atoms with Gasteiger partial charge in [-0.25, -0.2) is 4.68 Å². The van der Waals surface area contributed by atoms with Crippen LogP contribution in [0.2, 0.25) is 0 Å². The molecule has 0 saturated heterocycles. The smallest absolute Gasteiger partial charge is 0.121 e. The molecule has 0 aromatic carbocycles. The standard InChI is InChI=1S/C5H6BN3.C2H6.H2/c6-4-3-8-9-2-1-7-5(4)9;1-2;/h3,7H,1-2H2;1-2H3;1H. The summed E-state index contributed by atoms with van der Waals surface area (Å²) < 4.78 is 1.87. The molecule has 1 aromatic rings. The van der Waals surface area contributed by atoms with Crippen molar-refractivity contribution < 1.29 is 1.43 Å². The van der Waals surface area contributed by atoms with E-state index in [2.05, 4.69) is 10.4 Å². The predicted octanol–water partition coefficient (Wildman–Crippen LogP) is 0.375. The molecule has 11 heavy (non-hydrogen) atoms. The van der Waals surface area contributed by atoms with E-state index in [4.69, 9.17) is 7.85 Å². The third-order valence-electron chi connectivity index (χ3n) is 1.48. The number of anilines is 1. The Labute approximate surface area is 69.7 Å². The van der Waals surface area contributed by atoms with Gasteiger partial charge in [0.15, 0.2) is 0 Å². The Bertz CT molecular complexity index is 237. The molecule has 0 amide bonds. The van der Waals surface area contributed by atoms with Crippen molar-refractivity contribution in [3.05, 3.63) is 6.20 Å². The van der Waals surface area contributed by atoms with Crippen LogP contribution in [-0.2, 0) is 6.54 Å². The molecule has 1 N–H and O–H groups in total. The Morgan fingerprint density at radius 3 is 3.09 bits per heavy atom. The summed E-state index contributed by atoms with van der Waals surface area (Å²) in [5, 5.41) is 7.15. The summed E-state index contributed by atoms with van der Waals surface area (Å²) in [6, 6.07) is 0. The van der Waals surface area contributed by atoms with Crippen molar-refractivity contribution in [3.63, 3.8) is 0 Å². The van der Waals surface area contributed by atoms with Crippen LogP contribution in [0, 0.1) is 0 Å². The van der Waals surface area contributed by atoms with Crippen LogP contribution in [0.4, 0.5) is 5.82 Å². The highest BCUT2D eigenvalue weighted by atomic mass is 15.4. The molecule has 1 aliphatic rings. The van der Waals surface area contributed by atoms with E-state index in [0.717, 1.165) is 24.4 Å². The average Bonchev–Trinajstić information content (AvgIpc) is 2.60. The SMILES string of the molecule is CC.[B]c1cnn2c1NCC2.[HH]. The fourth-order valence-corrected chi connectivity index (χ4v) is 1.04. The van der Waals surface area contributed by atoms with Crippen molar-refractivity contribution in [3.8, 4) is 0 Å². The molecule has 0 spiro atoms. The molecule has 0 saturated carbocycles. The lowest BCUT2D eigenvalue weighted by atomic mass is 10.0. The highest BCUT2D eigenvalue weighted by Gasteiger charge is 2.10. The quantitative estimate of drug-likeness (QED) is 0.543. The molecule has 1 aliphatic heterocycles. The van der Waals surface area contributed by atoms with E-state index in [9.17, 15) is 0 Å². The third kappa shape index (κ3) is 1.39. The zero-order chi connectivity index (χ0) is 8.27. The number of fused-ring (bicyclic) bond motifs is 1. The first kappa shape index (κ1) is 8.17. The molecule has 0 fully saturated rings. The first-order valence-corrected chi connectivity index (χ1v) is 3.93. The fourth-order valence-electron chi connectivity index (χ4n) is 1.04. The van der Waals surface area contributed by atoms with Crippen molar-refractivity contribution in [2.75, 3.05) is 11.9 Å². The zero-order valence-corrected chi connectivity index (χ0v) is 6.96. The predicted molar refractivity (Wildman–Crippen MR) is 49.6 cm³/mol. The lowest BCUT2D eigenvalue weighted by Gasteiger charge is -1.92. The number of nitrogens with one attached hydrogen (secondary N) is 1. The maximum atomic E-state index is 5.55. The summed E-state index contributed by atoms with van der Waals surface area (Å²) in [6.07, 6.45) is 1.67. The van der Waals surface area contributed by atoms with Crippen LogP contribution in [0.3, 0.4) is 0 Å². The van der Waals surface area contributed by atoms with Gasteiger partial charge >= 0.3 is 0 Å². The van der Waals surface area contributed by atoms with Crippen LogP contribution < -0.4 is 10.8 Å². The minimum Gasteiger partial charge on any atom is -0.369 e. The molecule has 0 unspecified atom stereocenters. The van der Waals surface area contributed by atoms with Gasteiger partial charge in [-0.05, 0) is 5.46 Å². The normalized spacial score (nSPS) is 12.9. The molecule has 60 valence electrons. The summed E-state index contributed by atoms with van der Waals surface area (Å²) in [7, 11) is 5.55. The molecule has 2 radical (unpaired) electrons. The Hall–Kier alpha value is -0.925. The van der Waals surface area contributed by atoms with E-state index in [-0.39, 0.29) is 1.43 Å². The lowest BCUT2D eigenvalue weighted by Crippen LogP contribution is -2.05. The van der Waals surface area contributed by atoms with E-state index in [1.54, 1.807) is 6.20 Å². The van der Waals surface area contributed by atoms with Crippen LogP contribution in [0.1, 0.15) is 15.3 Å². The molecule has 4 heteroatoms. The number of rotatable bonds is 0.